The maximum Gasteiger partial charge on any atom is 0.341 e. The van der Waals surface area contributed by atoms with Gasteiger partial charge in [-0.25, -0.2) is 4.79 Å². The number of thioether (sulfide) groups is 1. The van der Waals surface area contributed by atoms with E-state index in [1.165, 1.54) is 12.1 Å². The summed E-state index contributed by atoms with van der Waals surface area (Å²) in [5, 5.41) is 43.9. The van der Waals surface area contributed by atoms with E-state index in [-0.39, 0.29) is 35.5 Å². The van der Waals surface area contributed by atoms with Crippen LogP contribution in [0.5, 0.6) is 5.75 Å². The number of esters is 1. The SMILES string of the molecule is CCCC[C@H]1CC[C@H](C(=O)N[C@@H]([C@H]2O[C@H](SCCOC(=O)c3ccccc3O)[C@H](O)[C@@H](O)[C@H]2O)[C@H](C)Cl)C1. The van der Waals surface area contributed by atoms with E-state index in [4.69, 9.17) is 21.1 Å². The second-order valence-electron chi connectivity index (χ2n) is 10.2. The summed E-state index contributed by atoms with van der Waals surface area (Å²) < 4.78 is 11.2. The van der Waals surface area contributed by atoms with Crippen LogP contribution in [-0.2, 0) is 14.3 Å². The van der Waals surface area contributed by atoms with E-state index in [0.717, 1.165) is 50.3 Å². The lowest BCUT2D eigenvalue weighted by molar-refractivity contribution is -0.205. The van der Waals surface area contributed by atoms with Crippen LogP contribution in [-0.4, -0.2) is 85.9 Å². The van der Waals surface area contributed by atoms with Crippen LogP contribution in [0.1, 0.15) is 62.7 Å². The molecule has 0 spiro atoms. The van der Waals surface area contributed by atoms with Crippen LogP contribution in [0, 0.1) is 11.8 Å². The summed E-state index contributed by atoms with van der Waals surface area (Å²) >= 11 is 7.52. The highest BCUT2D eigenvalue weighted by atomic mass is 35.5. The Morgan fingerprint density at radius 1 is 1.18 bits per heavy atom. The Labute approximate surface area is 233 Å². The van der Waals surface area contributed by atoms with Gasteiger partial charge in [0.15, 0.2) is 0 Å². The molecule has 0 radical (unpaired) electrons. The van der Waals surface area contributed by atoms with E-state index in [1.54, 1.807) is 19.1 Å². The number of benzene rings is 1. The normalized spacial score (nSPS) is 30.9. The van der Waals surface area contributed by atoms with Gasteiger partial charge in [0.05, 0.1) is 11.4 Å². The number of halogens is 1. The Balaban J connectivity index is 1.56. The zero-order valence-corrected chi connectivity index (χ0v) is 23.4. The van der Waals surface area contributed by atoms with Crippen molar-refractivity contribution in [1.82, 2.24) is 5.32 Å². The van der Waals surface area contributed by atoms with E-state index in [1.807, 2.05) is 0 Å². The molecule has 1 aromatic rings. The minimum Gasteiger partial charge on any atom is -0.507 e. The molecule has 11 heteroatoms. The standard InChI is InChI=1S/C27H40ClNO8S/c1-3-4-7-16-10-11-17(14-16)25(34)29-20(15(2)28)24-22(32)21(31)23(33)27(37-24)38-13-12-36-26(35)18-8-5-6-9-19(18)30/h5-6,8-9,15-17,20-24,27,30-33H,3-4,7,10-14H2,1-2H3,(H,29,34)/t15-,16-,17-,20+,21-,22+,23+,24+,27+/m0/s1. The molecule has 1 heterocycles. The largest absolute Gasteiger partial charge is 0.507 e. The van der Waals surface area contributed by atoms with Crippen molar-refractivity contribution in [2.45, 2.75) is 93.6 Å². The second kappa shape index (κ2) is 14.7. The molecule has 0 aromatic heterocycles. The molecular weight excluding hydrogens is 534 g/mol. The predicted molar refractivity (Wildman–Crippen MR) is 145 cm³/mol. The first-order chi connectivity index (χ1) is 18.1. The van der Waals surface area contributed by atoms with Gasteiger partial charge >= 0.3 is 5.97 Å². The maximum atomic E-state index is 13.1. The van der Waals surface area contributed by atoms with E-state index in [9.17, 15) is 30.0 Å². The van der Waals surface area contributed by atoms with E-state index in [2.05, 4.69) is 12.2 Å². The van der Waals surface area contributed by atoms with Crippen LogP contribution in [0.15, 0.2) is 24.3 Å². The molecule has 1 amide bonds. The summed E-state index contributed by atoms with van der Waals surface area (Å²) in [6, 6.07) is 5.23. The molecule has 1 aromatic carbocycles. The Morgan fingerprint density at radius 3 is 2.61 bits per heavy atom. The van der Waals surface area contributed by atoms with E-state index >= 15 is 0 Å². The van der Waals surface area contributed by atoms with Crippen molar-refractivity contribution >= 4 is 35.2 Å². The van der Waals surface area contributed by atoms with Crippen LogP contribution in [0.3, 0.4) is 0 Å². The molecule has 1 saturated heterocycles. The Bertz CT molecular complexity index is 921. The number of phenolic OH excluding ortho intramolecular Hbond substituents is 1. The highest BCUT2D eigenvalue weighted by Crippen LogP contribution is 2.35. The molecular formula is C27H40ClNO8S. The van der Waals surface area contributed by atoms with Crippen molar-refractivity contribution in [2.24, 2.45) is 11.8 Å². The van der Waals surface area contributed by atoms with Gasteiger partial charge in [-0.1, -0.05) is 38.3 Å². The van der Waals surface area contributed by atoms with Gasteiger partial charge < -0.3 is 35.2 Å². The van der Waals surface area contributed by atoms with Gasteiger partial charge in [0.1, 0.15) is 47.8 Å². The van der Waals surface area contributed by atoms with Crippen molar-refractivity contribution < 1.29 is 39.5 Å². The number of ether oxygens (including phenoxy) is 2. The van der Waals surface area contributed by atoms with Gasteiger partial charge in [-0.15, -0.1) is 23.4 Å². The second-order valence-corrected chi connectivity index (χ2v) is 12.1. The molecule has 214 valence electrons. The fraction of sp³-hybridized carbons (Fsp3) is 0.704. The van der Waals surface area contributed by atoms with Crippen molar-refractivity contribution in [2.75, 3.05) is 12.4 Å². The molecule has 2 fully saturated rings. The number of aromatic hydroxyl groups is 1. The van der Waals surface area contributed by atoms with Gasteiger partial charge in [-0.2, -0.15) is 0 Å². The minimum absolute atomic E-state index is 0.0405. The third kappa shape index (κ3) is 7.99. The summed E-state index contributed by atoms with van der Waals surface area (Å²) in [7, 11) is 0. The Hall–Kier alpha value is -1.56. The minimum atomic E-state index is -1.52. The summed E-state index contributed by atoms with van der Waals surface area (Å²) in [5.74, 6) is -0.399. The molecule has 5 N–H and O–H groups in total. The number of para-hydroxylation sites is 1. The van der Waals surface area contributed by atoms with Crippen LogP contribution < -0.4 is 5.32 Å². The summed E-state index contributed by atoms with van der Waals surface area (Å²) in [4.78, 5) is 25.3. The van der Waals surface area contributed by atoms with Gasteiger partial charge in [0.25, 0.3) is 0 Å². The lowest BCUT2D eigenvalue weighted by atomic mass is 9.92. The zero-order valence-electron chi connectivity index (χ0n) is 21.9. The number of aliphatic hydroxyl groups is 3. The molecule has 1 aliphatic heterocycles. The smallest absolute Gasteiger partial charge is 0.341 e. The van der Waals surface area contributed by atoms with Crippen molar-refractivity contribution in [3.63, 3.8) is 0 Å². The zero-order chi connectivity index (χ0) is 27.8. The van der Waals surface area contributed by atoms with Gasteiger partial charge in [-0.3, -0.25) is 4.79 Å². The number of aliphatic hydroxyl groups excluding tert-OH is 3. The lowest BCUT2D eigenvalue weighted by Gasteiger charge is -2.44. The monoisotopic (exact) mass is 573 g/mol. The summed E-state index contributed by atoms with van der Waals surface area (Å²) in [5.41, 5.74) is -0.916. The molecule has 0 unspecified atom stereocenters. The average Bonchev–Trinajstić information content (AvgIpc) is 3.37. The topological polar surface area (TPSA) is 146 Å². The number of hydrogen-bond donors (Lipinski definition) is 5. The molecule has 0 bridgehead atoms. The van der Waals surface area contributed by atoms with Gasteiger partial charge in [0.2, 0.25) is 5.91 Å². The molecule has 38 heavy (non-hydrogen) atoms. The molecule has 9 nitrogen and oxygen atoms in total. The molecule has 3 rings (SSSR count). The fourth-order valence-corrected chi connectivity index (χ4v) is 6.32. The first-order valence-corrected chi connectivity index (χ1v) is 14.8. The maximum absolute atomic E-state index is 13.1. The number of phenols is 1. The summed E-state index contributed by atoms with van der Waals surface area (Å²) in [6.07, 6.45) is 0.588. The van der Waals surface area contributed by atoms with Crippen molar-refractivity contribution in [3.8, 4) is 5.75 Å². The number of alkyl halides is 1. The average molecular weight is 574 g/mol. The van der Waals surface area contributed by atoms with Gasteiger partial charge in [0, 0.05) is 11.7 Å². The van der Waals surface area contributed by atoms with Crippen LogP contribution in [0.4, 0.5) is 0 Å². The number of nitrogens with one attached hydrogen (secondary N) is 1. The lowest BCUT2D eigenvalue weighted by Crippen LogP contribution is -2.64. The highest BCUT2D eigenvalue weighted by Gasteiger charge is 2.48. The van der Waals surface area contributed by atoms with Crippen LogP contribution in [0.2, 0.25) is 0 Å². The summed E-state index contributed by atoms with van der Waals surface area (Å²) in [6.45, 7) is 3.79. The third-order valence-corrected chi connectivity index (χ3v) is 8.76. The number of amides is 1. The first kappa shape index (κ1) is 31.0. The number of carbonyl (C=O) groups excluding carboxylic acids is 2. The number of carbonyl (C=O) groups is 2. The van der Waals surface area contributed by atoms with Crippen LogP contribution >= 0.6 is 23.4 Å². The molecule has 1 aliphatic carbocycles. The Morgan fingerprint density at radius 2 is 1.92 bits per heavy atom. The van der Waals surface area contributed by atoms with Crippen molar-refractivity contribution in [3.05, 3.63) is 29.8 Å². The number of hydrogen-bond acceptors (Lipinski definition) is 9. The van der Waals surface area contributed by atoms with Crippen LogP contribution in [0.25, 0.3) is 0 Å². The van der Waals surface area contributed by atoms with Crippen molar-refractivity contribution in [1.29, 1.82) is 0 Å². The highest BCUT2D eigenvalue weighted by molar-refractivity contribution is 7.99. The number of rotatable bonds is 12. The van der Waals surface area contributed by atoms with E-state index in [0.29, 0.717) is 5.92 Å². The molecule has 9 atom stereocenters. The van der Waals surface area contributed by atoms with Gasteiger partial charge in [-0.05, 0) is 44.2 Å². The fourth-order valence-electron chi connectivity index (χ4n) is 5.14. The van der Waals surface area contributed by atoms with E-state index < -0.39 is 47.2 Å². The first-order valence-electron chi connectivity index (χ1n) is 13.3. The quantitative estimate of drug-likeness (QED) is 0.145. The molecule has 2 aliphatic rings. The predicted octanol–water partition coefficient (Wildman–Crippen LogP) is 2.81. The molecule has 1 saturated carbocycles. The Kier molecular flexibility index (Phi) is 12.0. The third-order valence-electron chi connectivity index (χ3n) is 7.36. The number of unbranched alkanes of at least 4 members (excludes halogenated alkanes) is 1.